The second kappa shape index (κ2) is 4.01. The van der Waals surface area contributed by atoms with E-state index in [0.717, 1.165) is 22.5 Å². The van der Waals surface area contributed by atoms with Crippen molar-refractivity contribution < 1.29 is 0 Å². The molecule has 0 bridgehead atoms. The predicted molar refractivity (Wildman–Crippen MR) is 69.6 cm³/mol. The number of nitrogen functional groups attached to an aromatic ring is 1. The molecule has 3 rings (SSSR count). The quantitative estimate of drug-likeness (QED) is 0.744. The Morgan fingerprint density at radius 2 is 2.31 bits per heavy atom. The normalized spacial score (nSPS) is 21.4. The lowest BCUT2D eigenvalue weighted by Gasteiger charge is -2.18. The van der Waals surface area contributed by atoms with Gasteiger partial charge in [0.05, 0.1) is 16.5 Å². The largest absolute Gasteiger partial charge is 0.397 e. The molecular weight excluding hydrogens is 218 g/mol. The molecule has 0 spiro atoms. The van der Waals surface area contributed by atoms with Crippen molar-refractivity contribution in [3.8, 4) is 0 Å². The summed E-state index contributed by atoms with van der Waals surface area (Å²) in [5.74, 6) is 2.34. The van der Waals surface area contributed by atoms with Crippen LogP contribution in [0.1, 0.15) is 30.3 Å². The van der Waals surface area contributed by atoms with Gasteiger partial charge in [-0.05, 0) is 30.7 Å². The van der Waals surface area contributed by atoms with Crippen LogP contribution in [-0.2, 0) is 0 Å². The summed E-state index contributed by atoms with van der Waals surface area (Å²) >= 11 is 2.00. The van der Waals surface area contributed by atoms with Gasteiger partial charge in [0.25, 0.3) is 0 Å². The van der Waals surface area contributed by atoms with E-state index < -0.39 is 0 Å². The molecule has 0 amide bonds. The highest BCUT2D eigenvalue weighted by atomic mass is 32.2. The molecule has 16 heavy (non-hydrogen) atoms. The molecular formula is C12H15N3S. The highest BCUT2D eigenvalue weighted by Gasteiger charge is 2.19. The molecule has 2 aromatic rings. The fraction of sp³-hybridized carbons (Fsp3) is 0.417. The van der Waals surface area contributed by atoms with Crippen LogP contribution in [0.2, 0.25) is 0 Å². The van der Waals surface area contributed by atoms with Crippen LogP contribution < -0.4 is 5.73 Å². The fourth-order valence-corrected chi connectivity index (χ4v) is 3.44. The highest BCUT2D eigenvalue weighted by molar-refractivity contribution is 7.99. The van der Waals surface area contributed by atoms with Gasteiger partial charge in [0.2, 0.25) is 0 Å². The lowest BCUT2D eigenvalue weighted by molar-refractivity contribution is 0.668. The molecule has 1 aliphatic rings. The van der Waals surface area contributed by atoms with Gasteiger partial charge < -0.3 is 10.7 Å². The van der Waals surface area contributed by atoms with Crippen LogP contribution in [0, 0.1) is 0 Å². The van der Waals surface area contributed by atoms with E-state index in [4.69, 9.17) is 5.73 Å². The third-order valence-electron chi connectivity index (χ3n) is 3.05. The second-order valence-corrected chi connectivity index (χ2v) is 5.53. The zero-order chi connectivity index (χ0) is 11.0. The number of fused-ring (bicyclic) bond motifs is 1. The summed E-state index contributed by atoms with van der Waals surface area (Å²) in [6.07, 6.45) is 3.87. The standard InChI is InChI=1S/C12H15N3S/c13-8-4-3-5-9-11(8)15-12(14-9)10-6-1-2-7-16-10/h3-5,10H,1-2,6-7,13H2,(H,14,15). The number of hydrogen-bond donors (Lipinski definition) is 2. The first-order valence-electron chi connectivity index (χ1n) is 5.70. The van der Waals surface area contributed by atoms with Gasteiger partial charge in [0.15, 0.2) is 0 Å². The molecule has 1 unspecified atom stereocenters. The fourth-order valence-electron chi connectivity index (χ4n) is 2.18. The summed E-state index contributed by atoms with van der Waals surface area (Å²) in [7, 11) is 0. The summed E-state index contributed by atoms with van der Waals surface area (Å²) in [4.78, 5) is 8.03. The van der Waals surface area contributed by atoms with Gasteiger partial charge in [-0.25, -0.2) is 4.98 Å². The van der Waals surface area contributed by atoms with Crippen LogP contribution in [0.15, 0.2) is 18.2 Å². The molecule has 1 aromatic carbocycles. The van der Waals surface area contributed by atoms with E-state index in [1.54, 1.807) is 0 Å². The van der Waals surface area contributed by atoms with Gasteiger partial charge in [-0.1, -0.05) is 12.5 Å². The average Bonchev–Trinajstić information content (AvgIpc) is 2.76. The van der Waals surface area contributed by atoms with Crippen LogP contribution in [0.25, 0.3) is 11.0 Å². The summed E-state index contributed by atoms with van der Waals surface area (Å²) in [5.41, 5.74) is 8.65. The van der Waals surface area contributed by atoms with E-state index in [9.17, 15) is 0 Å². The number of hydrogen-bond acceptors (Lipinski definition) is 3. The minimum Gasteiger partial charge on any atom is -0.397 e. The lowest BCUT2D eigenvalue weighted by atomic mass is 10.2. The van der Waals surface area contributed by atoms with E-state index >= 15 is 0 Å². The Kier molecular flexibility index (Phi) is 2.52. The molecule has 1 fully saturated rings. The molecule has 84 valence electrons. The molecule has 0 aliphatic carbocycles. The molecule has 1 aromatic heterocycles. The van der Waals surface area contributed by atoms with Crippen LogP contribution in [0.5, 0.6) is 0 Å². The van der Waals surface area contributed by atoms with Crippen LogP contribution in [-0.4, -0.2) is 15.7 Å². The summed E-state index contributed by atoms with van der Waals surface area (Å²) in [6.45, 7) is 0. The zero-order valence-electron chi connectivity index (χ0n) is 9.07. The number of H-pyrrole nitrogens is 1. The van der Waals surface area contributed by atoms with Gasteiger partial charge in [0.1, 0.15) is 11.3 Å². The maximum Gasteiger partial charge on any atom is 0.120 e. The van der Waals surface area contributed by atoms with Gasteiger partial charge >= 0.3 is 0 Å². The van der Waals surface area contributed by atoms with Crippen molar-refractivity contribution in [1.82, 2.24) is 9.97 Å². The SMILES string of the molecule is Nc1cccc2[nH]c(C3CCCCS3)nc12. The zero-order valence-corrected chi connectivity index (χ0v) is 9.89. The first-order valence-corrected chi connectivity index (χ1v) is 6.75. The minimum absolute atomic E-state index is 0.528. The number of nitrogens with one attached hydrogen (secondary N) is 1. The molecule has 0 saturated carbocycles. The number of aromatic amines is 1. The summed E-state index contributed by atoms with van der Waals surface area (Å²) in [6, 6.07) is 5.91. The van der Waals surface area contributed by atoms with Crippen molar-refractivity contribution in [1.29, 1.82) is 0 Å². The molecule has 0 radical (unpaired) electrons. The molecule has 1 saturated heterocycles. The van der Waals surface area contributed by atoms with Gasteiger partial charge in [-0.15, -0.1) is 0 Å². The van der Waals surface area contributed by atoms with E-state index in [-0.39, 0.29) is 0 Å². The second-order valence-electron chi connectivity index (χ2n) is 4.22. The van der Waals surface area contributed by atoms with Crippen LogP contribution >= 0.6 is 11.8 Å². The molecule has 2 heterocycles. The monoisotopic (exact) mass is 233 g/mol. The van der Waals surface area contributed by atoms with Crippen molar-refractivity contribution in [2.75, 3.05) is 11.5 Å². The molecule has 3 nitrogen and oxygen atoms in total. The van der Waals surface area contributed by atoms with Gasteiger partial charge in [-0.2, -0.15) is 11.8 Å². The number of benzene rings is 1. The molecule has 1 atom stereocenters. The Bertz CT molecular complexity index is 500. The summed E-state index contributed by atoms with van der Waals surface area (Å²) in [5, 5.41) is 0.528. The number of para-hydroxylation sites is 1. The third kappa shape index (κ3) is 1.67. The molecule has 4 heteroatoms. The molecule has 1 aliphatic heterocycles. The topological polar surface area (TPSA) is 54.7 Å². The smallest absolute Gasteiger partial charge is 0.120 e. The first-order chi connectivity index (χ1) is 7.84. The summed E-state index contributed by atoms with van der Waals surface area (Å²) < 4.78 is 0. The number of nitrogens with zero attached hydrogens (tertiary/aromatic N) is 1. The number of thioether (sulfide) groups is 1. The van der Waals surface area contributed by atoms with Crippen LogP contribution in [0.3, 0.4) is 0 Å². The maximum absolute atomic E-state index is 5.91. The van der Waals surface area contributed by atoms with Crippen LogP contribution in [0.4, 0.5) is 5.69 Å². The number of rotatable bonds is 1. The first kappa shape index (κ1) is 10.0. The third-order valence-corrected chi connectivity index (χ3v) is 4.43. The Hall–Kier alpha value is -1.16. The van der Waals surface area contributed by atoms with E-state index in [1.807, 2.05) is 30.0 Å². The van der Waals surface area contributed by atoms with Crippen molar-refractivity contribution in [2.24, 2.45) is 0 Å². The maximum atomic E-state index is 5.91. The van der Waals surface area contributed by atoms with Crippen molar-refractivity contribution >= 4 is 28.5 Å². The Labute approximate surface area is 98.8 Å². The van der Waals surface area contributed by atoms with E-state index in [2.05, 4.69) is 9.97 Å². The minimum atomic E-state index is 0.528. The number of nitrogens with two attached hydrogens (primary N) is 1. The Balaban J connectivity index is 2.01. The Morgan fingerprint density at radius 3 is 3.06 bits per heavy atom. The average molecular weight is 233 g/mol. The van der Waals surface area contributed by atoms with E-state index in [1.165, 1.54) is 25.0 Å². The lowest BCUT2D eigenvalue weighted by Crippen LogP contribution is -2.03. The van der Waals surface area contributed by atoms with Gasteiger partial charge in [-0.3, -0.25) is 0 Å². The predicted octanol–water partition coefficient (Wildman–Crippen LogP) is 3.10. The van der Waals surface area contributed by atoms with Crippen molar-refractivity contribution in [3.63, 3.8) is 0 Å². The number of aromatic nitrogens is 2. The van der Waals surface area contributed by atoms with Crippen molar-refractivity contribution in [2.45, 2.75) is 24.5 Å². The Morgan fingerprint density at radius 1 is 1.38 bits per heavy atom. The highest BCUT2D eigenvalue weighted by Crippen LogP contribution is 2.37. The molecule has 3 N–H and O–H groups in total. The van der Waals surface area contributed by atoms with E-state index in [0.29, 0.717) is 5.25 Å². The van der Waals surface area contributed by atoms with Crippen molar-refractivity contribution in [3.05, 3.63) is 24.0 Å². The number of imidazole rings is 1. The van der Waals surface area contributed by atoms with Gasteiger partial charge in [0, 0.05) is 0 Å². The number of anilines is 1.